The number of rotatable bonds is 1. The molecular weight excluding hydrogens is 328 g/mol. The van der Waals surface area contributed by atoms with E-state index in [9.17, 15) is 9.59 Å². The molecule has 2 aromatic rings. The summed E-state index contributed by atoms with van der Waals surface area (Å²) in [6.45, 7) is 2.27. The highest BCUT2D eigenvalue weighted by molar-refractivity contribution is 6.04. The maximum Gasteiger partial charge on any atom is 0.256 e. The van der Waals surface area contributed by atoms with Crippen LogP contribution in [0.3, 0.4) is 0 Å². The number of carbonyl (C=O) groups excluding carboxylic acids is 2. The number of likely N-dealkylation sites (tertiary alicyclic amines) is 1. The van der Waals surface area contributed by atoms with Crippen LogP contribution in [0.15, 0.2) is 30.6 Å². The van der Waals surface area contributed by atoms with Crippen LogP contribution in [0.2, 0.25) is 0 Å². The molecule has 3 aliphatic heterocycles. The fraction of sp³-hybridized carbons (Fsp3) is 0.500. The molecule has 3 aliphatic rings. The molecule has 0 saturated carbocycles. The van der Waals surface area contributed by atoms with Gasteiger partial charge in [-0.2, -0.15) is 0 Å². The van der Waals surface area contributed by atoms with Gasteiger partial charge in [-0.1, -0.05) is 6.07 Å². The van der Waals surface area contributed by atoms with Gasteiger partial charge in [0.25, 0.3) is 5.91 Å². The lowest BCUT2D eigenvalue weighted by Gasteiger charge is -2.52. The van der Waals surface area contributed by atoms with Crippen molar-refractivity contribution in [3.63, 3.8) is 0 Å². The van der Waals surface area contributed by atoms with E-state index in [1.165, 1.54) is 0 Å². The first kappa shape index (κ1) is 15.7. The van der Waals surface area contributed by atoms with Gasteiger partial charge >= 0.3 is 0 Å². The topological polar surface area (TPSA) is 66.4 Å². The van der Waals surface area contributed by atoms with Crippen LogP contribution in [0.1, 0.15) is 36.0 Å². The van der Waals surface area contributed by atoms with E-state index in [1.807, 2.05) is 23.1 Å². The standard InChI is InChI=1S/C20H22N4O2/c25-18-6-2-5-17-14-9-13(11-24(17)18)10-23(12-14)20(26)15-3-1-4-16-19(15)22-8-7-21-16/h1,3-4,7-8,13-14,17H,2,5-6,9-12H2/t13?,14?,17-/m0/s1. The van der Waals surface area contributed by atoms with Gasteiger partial charge < -0.3 is 9.80 Å². The molecule has 6 heteroatoms. The summed E-state index contributed by atoms with van der Waals surface area (Å²) in [4.78, 5) is 38.3. The predicted octanol–water partition coefficient (Wildman–Crippen LogP) is 2.10. The minimum Gasteiger partial charge on any atom is -0.339 e. The molecule has 0 radical (unpaired) electrons. The van der Waals surface area contributed by atoms with Crippen molar-refractivity contribution in [1.82, 2.24) is 19.8 Å². The minimum absolute atomic E-state index is 0.0429. The molecule has 0 N–H and O–H groups in total. The number of piperidine rings is 3. The zero-order valence-electron chi connectivity index (χ0n) is 14.7. The van der Waals surface area contributed by atoms with Crippen molar-refractivity contribution in [2.75, 3.05) is 19.6 Å². The van der Waals surface area contributed by atoms with Gasteiger partial charge in [0.05, 0.1) is 11.1 Å². The molecule has 5 rings (SSSR count). The van der Waals surface area contributed by atoms with Crippen LogP contribution in [-0.2, 0) is 4.79 Å². The highest BCUT2D eigenvalue weighted by atomic mass is 16.2. The Labute approximate surface area is 152 Å². The molecule has 2 unspecified atom stereocenters. The fourth-order valence-electron chi connectivity index (χ4n) is 5.11. The average Bonchev–Trinajstić information content (AvgIpc) is 2.68. The van der Waals surface area contributed by atoms with Crippen molar-refractivity contribution >= 4 is 22.8 Å². The van der Waals surface area contributed by atoms with Crippen LogP contribution in [0, 0.1) is 11.8 Å². The number of aromatic nitrogens is 2. The predicted molar refractivity (Wildman–Crippen MR) is 96.4 cm³/mol. The number of nitrogens with zero attached hydrogens (tertiary/aromatic N) is 4. The Morgan fingerprint density at radius 1 is 1.12 bits per heavy atom. The number of carbonyl (C=O) groups is 2. The molecule has 134 valence electrons. The Morgan fingerprint density at radius 3 is 2.92 bits per heavy atom. The number of hydrogen-bond donors (Lipinski definition) is 0. The van der Waals surface area contributed by atoms with Crippen molar-refractivity contribution in [2.24, 2.45) is 11.8 Å². The van der Waals surface area contributed by atoms with Crippen LogP contribution < -0.4 is 0 Å². The summed E-state index contributed by atoms with van der Waals surface area (Å²) in [5, 5.41) is 0. The molecule has 2 bridgehead atoms. The summed E-state index contributed by atoms with van der Waals surface area (Å²) < 4.78 is 0. The largest absolute Gasteiger partial charge is 0.339 e. The van der Waals surface area contributed by atoms with E-state index >= 15 is 0 Å². The van der Waals surface area contributed by atoms with Gasteiger partial charge in [-0.15, -0.1) is 0 Å². The Balaban J connectivity index is 1.43. The number of benzene rings is 1. The van der Waals surface area contributed by atoms with Crippen molar-refractivity contribution < 1.29 is 9.59 Å². The highest BCUT2D eigenvalue weighted by Gasteiger charge is 2.44. The Hall–Kier alpha value is -2.50. The van der Waals surface area contributed by atoms with Gasteiger partial charge in [-0.3, -0.25) is 19.6 Å². The van der Waals surface area contributed by atoms with E-state index in [4.69, 9.17) is 0 Å². The summed E-state index contributed by atoms with van der Waals surface area (Å²) in [7, 11) is 0. The minimum atomic E-state index is 0.0429. The Morgan fingerprint density at radius 2 is 2.00 bits per heavy atom. The molecule has 1 aromatic heterocycles. The number of amides is 2. The summed E-state index contributed by atoms with van der Waals surface area (Å²) in [5.74, 6) is 1.13. The molecule has 3 fully saturated rings. The van der Waals surface area contributed by atoms with Gasteiger partial charge in [-0.05, 0) is 43.2 Å². The third-order valence-corrected chi connectivity index (χ3v) is 6.20. The van der Waals surface area contributed by atoms with Crippen LogP contribution >= 0.6 is 0 Å². The van der Waals surface area contributed by atoms with Crippen LogP contribution in [0.4, 0.5) is 0 Å². The molecule has 0 aliphatic carbocycles. The van der Waals surface area contributed by atoms with E-state index < -0.39 is 0 Å². The zero-order chi connectivity index (χ0) is 17.7. The number of para-hydroxylation sites is 1. The van der Waals surface area contributed by atoms with Crippen molar-refractivity contribution in [2.45, 2.75) is 31.7 Å². The van der Waals surface area contributed by atoms with Gasteiger partial charge in [0.2, 0.25) is 5.91 Å². The smallest absolute Gasteiger partial charge is 0.256 e. The summed E-state index contributed by atoms with van der Waals surface area (Å²) in [6.07, 6.45) is 7.16. The first-order valence-electron chi connectivity index (χ1n) is 9.49. The van der Waals surface area contributed by atoms with Crippen molar-refractivity contribution in [3.8, 4) is 0 Å². The molecular formula is C20H22N4O2. The monoisotopic (exact) mass is 350 g/mol. The Bertz CT molecular complexity index is 878. The van der Waals surface area contributed by atoms with Gasteiger partial charge in [0.15, 0.2) is 0 Å². The van der Waals surface area contributed by atoms with E-state index in [-0.39, 0.29) is 5.91 Å². The summed E-state index contributed by atoms with van der Waals surface area (Å²) in [5.41, 5.74) is 2.05. The molecule has 0 spiro atoms. The lowest BCUT2D eigenvalue weighted by Crippen LogP contribution is -2.61. The van der Waals surface area contributed by atoms with E-state index in [2.05, 4.69) is 14.9 Å². The van der Waals surface area contributed by atoms with Crippen molar-refractivity contribution in [3.05, 3.63) is 36.2 Å². The first-order chi connectivity index (χ1) is 12.7. The van der Waals surface area contributed by atoms with Crippen LogP contribution in [0.5, 0.6) is 0 Å². The first-order valence-corrected chi connectivity index (χ1v) is 9.49. The SMILES string of the molecule is O=C(c1cccc2nccnc12)N1CC2CC(C1)[C@@H]1CCCC(=O)N1C2. The molecule has 2 amide bonds. The summed E-state index contributed by atoms with van der Waals surface area (Å²) >= 11 is 0. The second kappa shape index (κ2) is 6.04. The third-order valence-electron chi connectivity index (χ3n) is 6.20. The van der Waals surface area contributed by atoms with E-state index in [1.54, 1.807) is 12.4 Å². The van der Waals surface area contributed by atoms with E-state index in [0.717, 1.165) is 44.4 Å². The third kappa shape index (κ3) is 2.47. The maximum atomic E-state index is 13.2. The zero-order valence-corrected chi connectivity index (χ0v) is 14.7. The lowest BCUT2D eigenvalue weighted by molar-refractivity contribution is -0.144. The normalized spacial score (nSPS) is 28.2. The second-order valence-corrected chi connectivity index (χ2v) is 7.81. The van der Waals surface area contributed by atoms with Gasteiger partial charge in [0.1, 0.15) is 5.52 Å². The second-order valence-electron chi connectivity index (χ2n) is 7.81. The molecule has 6 nitrogen and oxygen atoms in total. The van der Waals surface area contributed by atoms with Crippen molar-refractivity contribution in [1.29, 1.82) is 0 Å². The quantitative estimate of drug-likeness (QED) is 0.790. The van der Waals surface area contributed by atoms with Gasteiger partial charge in [0, 0.05) is 44.5 Å². The van der Waals surface area contributed by atoms with Crippen LogP contribution in [-0.4, -0.2) is 57.3 Å². The number of hydrogen-bond acceptors (Lipinski definition) is 4. The van der Waals surface area contributed by atoms with E-state index in [0.29, 0.717) is 41.3 Å². The Kier molecular flexibility index (Phi) is 3.65. The fourth-order valence-corrected chi connectivity index (χ4v) is 5.11. The molecule has 3 saturated heterocycles. The van der Waals surface area contributed by atoms with Gasteiger partial charge in [-0.25, -0.2) is 0 Å². The summed E-state index contributed by atoms with van der Waals surface area (Å²) in [6, 6.07) is 5.92. The average molecular weight is 350 g/mol. The maximum absolute atomic E-state index is 13.2. The number of fused-ring (bicyclic) bond motifs is 5. The molecule has 3 atom stereocenters. The molecule has 4 heterocycles. The highest BCUT2D eigenvalue weighted by Crippen LogP contribution is 2.38. The van der Waals surface area contributed by atoms with Crippen LogP contribution in [0.25, 0.3) is 11.0 Å². The molecule has 1 aromatic carbocycles. The lowest BCUT2D eigenvalue weighted by atomic mass is 9.76. The molecule has 26 heavy (non-hydrogen) atoms.